The molecule has 0 aromatic rings. The van der Waals surface area contributed by atoms with E-state index in [2.05, 4.69) is 7.05 Å². The maximum atomic E-state index is 9.54. The number of aliphatic hydroxyl groups excluding tert-OH is 1. The Morgan fingerprint density at radius 3 is 2.27 bits per heavy atom. The van der Waals surface area contributed by atoms with E-state index in [9.17, 15) is 5.11 Å². The fourth-order valence-corrected chi connectivity index (χ4v) is 4.26. The molecule has 0 amide bonds. The van der Waals surface area contributed by atoms with E-state index in [-0.39, 0.29) is 6.10 Å². The molecule has 3 aliphatic heterocycles. The van der Waals surface area contributed by atoms with Crippen molar-refractivity contribution in [3.05, 3.63) is 0 Å². The van der Waals surface area contributed by atoms with E-state index in [0.29, 0.717) is 12.2 Å². The van der Waals surface area contributed by atoms with Gasteiger partial charge in [0.1, 0.15) is 12.6 Å². The Kier molecular flexibility index (Phi) is 2.14. The van der Waals surface area contributed by atoms with Crippen molar-refractivity contribution in [2.75, 3.05) is 26.7 Å². The molecule has 3 fully saturated rings. The quantitative estimate of drug-likeness (QED) is 0.680. The molecule has 3 aliphatic rings. The van der Waals surface area contributed by atoms with E-state index in [0.717, 1.165) is 22.9 Å². The summed E-state index contributed by atoms with van der Waals surface area (Å²) in [4.78, 5) is 0. The minimum atomic E-state index is -0.174. The standard InChI is InChI=1S/C12H22NO2/c1-8(14)5-13(2)6-9-10(7-13)12-4-3-11(9)15-12/h8-12,14H,3-7H2,1-2H3/q+1. The van der Waals surface area contributed by atoms with Crippen LogP contribution in [0.15, 0.2) is 0 Å². The summed E-state index contributed by atoms with van der Waals surface area (Å²) in [7, 11) is 2.30. The van der Waals surface area contributed by atoms with Crippen LogP contribution < -0.4 is 0 Å². The second-order valence-corrected chi connectivity index (χ2v) is 6.13. The zero-order chi connectivity index (χ0) is 10.6. The first-order chi connectivity index (χ1) is 7.07. The van der Waals surface area contributed by atoms with Crippen LogP contribution in [0.5, 0.6) is 0 Å². The molecule has 0 aromatic carbocycles. The van der Waals surface area contributed by atoms with Crippen LogP contribution in [-0.2, 0) is 4.74 Å². The molecule has 3 heteroatoms. The molecule has 3 nitrogen and oxygen atoms in total. The van der Waals surface area contributed by atoms with Gasteiger partial charge in [0.15, 0.2) is 0 Å². The number of hydrogen-bond donors (Lipinski definition) is 1. The summed E-state index contributed by atoms with van der Waals surface area (Å²) >= 11 is 0. The summed E-state index contributed by atoms with van der Waals surface area (Å²) in [5.41, 5.74) is 0. The molecule has 3 heterocycles. The second kappa shape index (κ2) is 3.19. The van der Waals surface area contributed by atoms with Gasteiger partial charge in [-0.2, -0.15) is 0 Å². The van der Waals surface area contributed by atoms with Crippen molar-refractivity contribution in [3.8, 4) is 0 Å². The highest BCUT2D eigenvalue weighted by Crippen LogP contribution is 2.48. The summed E-state index contributed by atoms with van der Waals surface area (Å²) in [6, 6.07) is 0. The number of nitrogens with zero attached hydrogens (tertiary/aromatic N) is 1. The van der Waals surface area contributed by atoms with E-state index in [1.165, 1.54) is 25.9 Å². The van der Waals surface area contributed by atoms with Crippen LogP contribution in [0.1, 0.15) is 19.8 Å². The Hall–Kier alpha value is -0.120. The molecular weight excluding hydrogens is 190 g/mol. The normalized spacial score (nSPS) is 54.6. The Morgan fingerprint density at radius 2 is 1.80 bits per heavy atom. The van der Waals surface area contributed by atoms with Crippen molar-refractivity contribution >= 4 is 0 Å². The van der Waals surface area contributed by atoms with E-state index in [1.807, 2.05) is 6.92 Å². The maximum absolute atomic E-state index is 9.54. The number of ether oxygens (including phenoxy) is 1. The van der Waals surface area contributed by atoms with Gasteiger partial charge in [-0.25, -0.2) is 0 Å². The highest BCUT2D eigenvalue weighted by molar-refractivity contribution is 4.98. The minimum absolute atomic E-state index is 0.174. The van der Waals surface area contributed by atoms with Crippen molar-refractivity contribution < 1.29 is 14.3 Å². The van der Waals surface area contributed by atoms with Crippen molar-refractivity contribution in [2.24, 2.45) is 11.8 Å². The molecule has 1 N–H and O–H groups in total. The predicted molar refractivity (Wildman–Crippen MR) is 57.3 cm³/mol. The number of aliphatic hydroxyl groups is 1. The molecule has 3 rings (SSSR count). The Bertz CT molecular complexity index is 248. The largest absolute Gasteiger partial charge is 0.388 e. The Labute approximate surface area is 91.6 Å². The molecule has 3 saturated heterocycles. The molecule has 0 aromatic heterocycles. The second-order valence-electron chi connectivity index (χ2n) is 6.13. The number of fused-ring (bicyclic) bond motifs is 5. The third kappa shape index (κ3) is 1.52. The summed E-state index contributed by atoms with van der Waals surface area (Å²) in [6.45, 7) is 5.25. The lowest BCUT2D eigenvalue weighted by molar-refractivity contribution is -0.903. The van der Waals surface area contributed by atoms with Crippen LogP contribution in [0.25, 0.3) is 0 Å². The molecule has 0 spiro atoms. The minimum Gasteiger partial charge on any atom is -0.388 e. The first-order valence-electron chi connectivity index (χ1n) is 6.24. The van der Waals surface area contributed by atoms with Crippen LogP contribution in [0.3, 0.4) is 0 Å². The first kappa shape index (κ1) is 10.1. The van der Waals surface area contributed by atoms with Crippen LogP contribution >= 0.6 is 0 Å². The summed E-state index contributed by atoms with van der Waals surface area (Å²) in [5.74, 6) is 1.57. The lowest BCUT2D eigenvalue weighted by Crippen LogP contribution is -2.47. The van der Waals surface area contributed by atoms with Crippen LogP contribution in [0, 0.1) is 11.8 Å². The third-order valence-corrected chi connectivity index (χ3v) is 4.60. The van der Waals surface area contributed by atoms with Gasteiger partial charge in [-0.3, -0.25) is 0 Å². The first-order valence-corrected chi connectivity index (χ1v) is 6.24. The number of quaternary nitrogens is 1. The third-order valence-electron chi connectivity index (χ3n) is 4.60. The van der Waals surface area contributed by atoms with E-state index >= 15 is 0 Å². The van der Waals surface area contributed by atoms with Gasteiger partial charge < -0.3 is 14.3 Å². The maximum Gasteiger partial charge on any atom is 0.105 e. The lowest BCUT2D eigenvalue weighted by Gasteiger charge is -2.32. The highest BCUT2D eigenvalue weighted by Gasteiger charge is 2.58. The van der Waals surface area contributed by atoms with Gasteiger partial charge in [0.05, 0.1) is 32.3 Å². The lowest BCUT2D eigenvalue weighted by atomic mass is 9.82. The predicted octanol–water partition coefficient (Wildman–Crippen LogP) is 0.621. The molecular formula is C12H22NO2+. The van der Waals surface area contributed by atoms with Gasteiger partial charge in [-0.15, -0.1) is 0 Å². The number of rotatable bonds is 2. The van der Waals surface area contributed by atoms with Gasteiger partial charge in [0.25, 0.3) is 0 Å². The molecule has 0 aliphatic carbocycles. The smallest absolute Gasteiger partial charge is 0.105 e. The fourth-order valence-electron chi connectivity index (χ4n) is 4.26. The summed E-state index contributed by atoms with van der Waals surface area (Å²) in [6.07, 6.45) is 3.48. The average Bonchev–Trinajstić information content (AvgIpc) is 2.71. The zero-order valence-corrected chi connectivity index (χ0v) is 9.72. The van der Waals surface area contributed by atoms with Crippen molar-refractivity contribution in [1.29, 1.82) is 0 Å². The molecule has 0 saturated carbocycles. The van der Waals surface area contributed by atoms with Crippen LogP contribution in [0.4, 0.5) is 0 Å². The van der Waals surface area contributed by atoms with E-state index in [1.54, 1.807) is 0 Å². The molecule has 15 heavy (non-hydrogen) atoms. The van der Waals surface area contributed by atoms with E-state index in [4.69, 9.17) is 4.74 Å². The van der Waals surface area contributed by atoms with Gasteiger partial charge in [0.2, 0.25) is 0 Å². The van der Waals surface area contributed by atoms with Gasteiger partial charge in [0, 0.05) is 11.8 Å². The Morgan fingerprint density at radius 1 is 1.27 bits per heavy atom. The average molecular weight is 212 g/mol. The summed E-state index contributed by atoms with van der Waals surface area (Å²) in [5, 5.41) is 9.54. The molecule has 5 unspecified atom stereocenters. The van der Waals surface area contributed by atoms with Crippen LogP contribution in [0.2, 0.25) is 0 Å². The molecule has 2 bridgehead atoms. The van der Waals surface area contributed by atoms with Crippen LogP contribution in [-0.4, -0.2) is 54.6 Å². The number of likely N-dealkylation sites (tertiary alicyclic amines) is 1. The molecule has 5 atom stereocenters. The topological polar surface area (TPSA) is 29.5 Å². The fraction of sp³-hybridized carbons (Fsp3) is 1.00. The number of likely N-dealkylation sites (N-methyl/N-ethyl adjacent to an activating group) is 1. The molecule has 0 radical (unpaired) electrons. The monoisotopic (exact) mass is 212 g/mol. The number of hydrogen-bond acceptors (Lipinski definition) is 2. The van der Waals surface area contributed by atoms with Crippen molar-refractivity contribution in [1.82, 2.24) is 0 Å². The van der Waals surface area contributed by atoms with Crippen molar-refractivity contribution in [3.63, 3.8) is 0 Å². The molecule has 86 valence electrons. The summed E-state index contributed by atoms with van der Waals surface area (Å²) < 4.78 is 7.02. The van der Waals surface area contributed by atoms with Gasteiger partial charge in [-0.1, -0.05) is 0 Å². The van der Waals surface area contributed by atoms with Crippen molar-refractivity contribution in [2.45, 2.75) is 38.1 Å². The zero-order valence-electron chi connectivity index (χ0n) is 9.72. The Balaban J connectivity index is 1.73. The van der Waals surface area contributed by atoms with Gasteiger partial charge in [-0.05, 0) is 19.8 Å². The van der Waals surface area contributed by atoms with Gasteiger partial charge >= 0.3 is 0 Å². The van der Waals surface area contributed by atoms with E-state index < -0.39 is 0 Å². The SMILES string of the molecule is CC(O)C[N+]1(C)CC2C3CCC(O3)C2C1. The highest BCUT2D eigenvalue weighted by atomic mass is 16.5.